The molecule has 0 bridgehead atoms. The van der Waals surface area contributed by atoms with Gasteiger partial charge in [0.05, 0.1) is 12.2 Å². The molecule has 1 aliphatic rings. The normalized spacial score (nSPS) is 30.9. The first-order valence-corrected chi connectivity index (χ1v) is 7.30. The van der Waals surface area contributed by atoms with Gasteiger partial charge in [0, 0.05) is 0 Å². The van der Waals surface area contributed by atoms with Gasteiger partial charge in [-0.05, 0) is 49.5 Å². The van der Waals surface area contributed by atoms with Gasteiger partial charge in [0.2, 0.25) is 0 Å². The van der Waals surface area contributed by atoms with E-state index in [0.717, 1.165) is 19.3 Å². The van der Waals surface area contributed by atoms with E-state index in [1.54, 1.807) is 0 Å². The lowest BCUT2D eigenvalue weighted by atomic mass is 9.76. The summed E-state index contributed by atoms with van der Waals surface area (Å²) >= 11 is 0. The Morgan fingerprint density at radius 2 is 2.00 bits per heavy atom. The first kappa shape index (κ1) is 14.5. The van der Waals surface area contributed by atoms with Crippen LogP contribution in [0.25, 0.3) is 0 Å². The summed E-state index contributed by atoms with van der Waals surface area (Å²) < 4.78 is 0. The molecule has 2 N–H and O–H groups in total. The maximum Gasteiger partial charge on any atom is 0.0623 e. The van der Waals surface area contributed by atoms with Crippen molar-refractivity contribution in [2.24, 2.45) is 11.3 Å². The number of aliphatic hydroxyl groups excluding tert-OH is 2. The quantitative estimate of drug-likeness (QED) is 0.804. The van der Waals surface area contributed by atoms with Crippen LogP contribution in [0.2, 0.25) is 0 Å². The van der Waals surface area contributed by atoms with Crippen LogP contribution >= 0.6 is 0 Å². The fourth-order valence-electron chi connectivity index (χ4n) is 3.26. The highest BCUT2D eigenvalue weighted by Gasteiger charge is 2.38. The van der Waals surface area contributed by atoms with E-state index < -0.39 is 0 Å². The average molecular weight is 262 g/mol. The lowest BCUT2D eigenvalue weighted by Crippen LogP contribution is -2.35. The second-order valence-electron chi connectivity index (χ2n) is 6.81. The summed E-state index contributed by atoms with van der Waals surface area (Å²) in [5.41, 5.74) is 2.40. The molecule has 0 heterocycles. The molecule has 0 unspecified atom stereocenters. The number of aryl methyl sites for hydroxylation is 1. The van der Waals surface area contributed by atoms with Gasteiger partial charge in [-0.3, -0.25) is 0 Å². The molecule has 0 spiro atoms. The zero-order valence-corrected chi connectivity index (χ0v) is 12.3. The summed E-state index contributed by atoms with van der Waals surface area (Å²) in [5, 5.41) is 20.6. The van der Waals surface area contributed by atoms with Crippen molar-refractivity contribution in [3.05, 3.63) is 35.4 Å². The van der Waals surface area contributed by atoms with Crippen molar-refractivity contribution >= 4 is 0 Å². The third-order valence-corrected chi connectivity index (χ3v) is 4.52. The molecule has 3 atom stereocenters. The standard InChI is InChI=1S/C17H26O2/c1-12-5-4-6-13(9-12)10-14-11-15(18)7-8-17(2,3)16(14)19/h4-6,9,14-16,18-19H,7-8,10-11H2,1-3H3/t14-,15+,16+/m1/s1. The molecule has 1 aromatic carbocycles. The second-order valence-corrected chi connectivity index (χ2v) is 6.81. The van der Waals surface area contributed by atoms with E-state index in [9.17, 15) is 10.2 Å². The van der Waals surface area contributed by atoms with Crippen LogP contribution in [-0.4, -0.2) is 22.4 Å². The predicted octanol–water partition coefficient (Wildman–Crippen LogP) is 3.09. The SMILES string of the molecule is Cc1cccc(C[C@@H]2C[C@@H](O)CCC(C)(C)[C@H]2O)c1. The minimum Gasteiger partial charge on any atom is -0.393 e. The highest BCUT2D eigenvalue weighted by atomic mass is 16.3. The number of hydrogen-bond acceptors (Lipinski definition) is 2. The number of hydrogen-bond donors (Lipinski definition) is 2. The molecule has 0 saturated heterocycles. The van der Waals surface area contributed by atoms with Crippen molar-refractivity contribution < 1.29 is 10.2 Å². The van der Waals surface area contributed by atoms with Gasteiger partial charge in [0.15, 0.2) is 0 Å². The fourth-order valence-corrected chi connectivity index (χ4v) is 3.26. The predicted molar refractivity (Wildman–Crippen MR) is 78.0 cm³/mol. The molecule has 0 aromatic heterocycles. The number of aliphatic hydroxyl groups is 2. The van der Waals surface area contributed by atoms with E-state index in [1.807, 2.05) is 0 Å². The maximum absolute atomic E-state index is 10.6. The Balaban J connectivity index is 2.16. The summed E-state index contributed by atoms with van der Waals surface area (Å²) in [5.74, 6) is 0.147. The van der Waals surface area contributed by atoms with Crippen LogP contribution < -0.4 is 0 Å². The molecule has 0 aliphatic heterocycles. The van der Waals surface area contributed by atoms with Gasteiger partial charge in [0.1, 0.15) is 0 Å². The highest BCUT2D eigenvalue weighted by molar-refractivity contribution is 5.23. The second kappa shape index (κ2) is 5.64. The van der Waals surface area contributed by atoms with Crippen molar-refractivity contribution in [2.45, 2.75) is 58.7 Å². The first-order valence-electron chi connectivity index (χ1n) is 7.30. The van der Waals surface area contributed by atoms with E-state index in [4.69, 9.17) is 0 Å². The van der Waals surface area contributed by atoms with Crippen LogP contribution in [0.1, 0.15) is 44.2 Å². The molecule has 1 aliphatic carbocycles. The zero-order valence-electron chi connectivity index (χ0n) is 12.3. The summed E-state index contributed by atoms with van der Waals surface area (Å²) in [6, 6.07) is 8.45. The zero-order chi connectivity index (χ0) is 14.0. The molecule has 0 amide bonds. The summed E-state index contributed by atoms with van der Waals surface area (Å²) in [4.78, 5) is 0. The number of rotatable bonds is 2. The molecule has 0 radical (unpaired) electrons. The van der Waals surface area contributed by atoms with Crippen molar-refractivity contribution in [2.75, 3.05) is 0 Å². The van der Waals surface area contributed by atoms with Gasteiger partial charge >= 0.3 is 0 Å². The van der Waals surface area contributed by atoms with Crippen LogP contribution in [0.3, 0.4) is 0 Å². The Labute approximate surface area is 116 Å². The van der Waals surface area contributed by atoms with Gasteiger partial charge in [-0.25, -0.2) is 0 Å². The molecule has 19 heavy (non-hydrogen) atoms. The fraction of sp³-hybridized carbons (Fsp3) is 0.647. The minimum atomic E-state index is -0.342. The van der Waals surface area contributed by atoms with E-state index in [-0.39, 0.29) is 23.5 Å². The van der Waals surface area contributed by atoms with Crippen molar-refractivity contribution in [3.63, 3.8) is 0 Å². The van der Waals surface area contributed by atoms with Crippen LogP contribution in [-0.2, 0) is 6.42 Å². The monoisotopic (exact) mass is 262 g/mol. The maximum atomic E-state index is 10.6. The lowest BCUT2D eigenvalue weighted by molar-refractivity contribution is 0.00130. The molecule has 1 aromatic rings. The Morgan fingerprint density at radius 1 is 1.26 bits per heavy atom. The first-order chi connectivity index (χ1) is 8.88. The molecular weight excluding hydrogens is 236 g/mol. The minimum absolute atomic E-state index is 0.105. The van der Waals surface area contributed by atoms with Crippen LogP contribution in [0, 0.1) is 18.3 Å². The molecule has 2 nitrogen and oxygen atoms in total. The van der Waals surface area contributed by atoms with E-state index >= 15 is 0 Å². The van der Waals surface area contributed by atoms with Crippen LogP contribution in [0.15, 0.2) is 24.3 Å². The Hall–Kier alpha value is -0.860. The molecular formula is C17H26O2. The smallest absolute Gasteiger partial charge is 0.0623 e. The Morgan fingerprint density at radius 3 is 2.68 bits per heavy atom. The average Bonchev–Trinajstić information content (AvgIpc) is 2.42. The molecule has 1 fully saturated rings. The third-order valence-electron chi connectivity index (χ3n) is 4.52. The Kier molecular flexibility index (Phi) is 4.32. The summed E-state index contributed by atoms with van der Waals surface area (Å²) in [6.07, 6.45) is 2.63. The summed E-state index contributed by atoms with van der Waals surface area (Å²) in [7, 11) is 0. The molecule has 1 saturated carbocycles. The third kappa shape index (κ3) is 3.58. The van der Waals surface area contributed by atoms with E-state index in [2.05, 4.69) is 45.0 Å². The van der Waals surface area contributed by atoms with Crippen molar-refractivity contribution in [1.29, 1.82) is 0 Å². The molecule has 106 valence electrons. The van der Waals surface area contributed by atoms with Crippen LogP contribution in [0.5, 0.6) is 0 Å². The van der Waals surface area contributed by atoms with Crippen molar-refractivity contribution in [3.8, 4) is 0 Å². The highest BCUT2D eigenvalue weighted by Crippen LogP contribution is 2.38. The number of benzene rings is 1. The van der Waals surface area contributed by atoms with Gasteiger partial charge in [-0.2, -0.15) is 0 Å². The van der Waals surface area contributed by atoms with Crippen LogP contribution in [0.4, 0.5) is 0 Å². The Bertz CT molecular complexity index is 425. The van der Waals surface area contributed by atoms with E-state index in [0.29, 0.717) is 6.42 Å². The largest absolute Gasteiger partial charge is 0.393 e. The molecule has 2 heteroatoms. The lowest BCUT2D eigenvalue weighted by Gasteiger charge is -2.33. The summed E-state index contributed by atoms with van der Waals surface area (Å²) in [6.45, 7) is 6.31. The molecule has 2 rings (SSSR count). The van der Waals surface area contributed by atoms with Gasteiger partial charge in [-0.1, -0.05) is 43.7 Å². The van der Waals surface area contributed by atoms with Gasteiger partial charge in [-0.15, -0.1) is 0 Å². The van der Waals surface area contributed by atoms with Gasteiger partial charge in [0.25, 0.3) is 0 Å². The van der Waals surface area contributed by atoms with Gasteiger partial charge < -0.3 is 10.2 Å². The van der Waals surface area contributed by atoms with E-state index in [1.165, 1.54) is 11.1 Å². The topological polar surface area (TPSA) is 40.5 Å². The van der Waals surface area contributed by atoms with Crippen molar-refractivity contribution in [1.82, 2.24) is 0 Å².